The number of hydrogen-bond acceptors (Lipinski definition) is 6. The summed E-state index contributed by atoms with van der Waals surface area (Å²) in [7, 11) is 0. The summed E-state index contributed by atoms with van der Waals surface area (Å²) >= 11 is 0. The smallest absolute Gasteiger partial charge is 0.410 e. The molecule has 7 heteroatoms. The van der Waals surface area contributed by atoms with Gasteiger partial charge < -0.3 is 19.8 Å². The molecule has 0 unspecified atom stereocenters. The number of amides is 1. The molecule has 0 spiro atoms. The molecule has 2 heterocycles. The first-order valence-corrected chi connectivity index (χ1v) is 10.2. The van der Waals surface area contributed by atoms with Gasteiger partial charge in [-0.1, -0.05) is 24.3 Å². The number of ether oxygens (including phenoxy) is 1. The van der Waals surface area contributed by atoms with Crippen LogP contribution in [0, 0.1) is 0 Å². The largest absolute Gasteiger partial charge is 0.444 e. The number of rotatable bonds is 3. The SMILES string of the molecule is CC(C)(C)OC(=O)N1CCN(Cc2cccc3oc(-c4ccccc4N)nc23)CC1. The topological polar surface area (TPSA) is 84.8 Å². The third-order valence-corrected chi connectivity index (χ3v) is 5.11. The molecule has 2 aromatic carbocycles. The van der Waals surface area contributed by atoms with Crippen molar-refractivity contribution in [3.8, 4) is 11.5 Å². The van der Waals surface area contributed by atoms with Crippen LogP contribution in [0.5, 0.6) is 0 Å². The molecule has 0 atom stereocenters. The molecule has 2 N–H and O–H groups in total. The Morgan fingerprint density at radius 2 is 1.83 bits per heavy atom. The van der Waals surface area contributed by atoms with Crippen molar-refractivity contribution in [2.75, 3.05) is 31.9 Å². The number of nitrogen functional groups attached to an aromatic ring is 1. The highest BCUT2D eigenvalue weighted by Crippen LogP contribution is 2.30. The summed E-state index contributed by atoms with van der Waals surface area (Å²) in [5.41, 5.74) is 9.75. The fraction of sp³-hybridized carbons (Fsp3) is 0.391. The van der Waals surface area contributed by atoms with E-state index >= 15 is 0 Å². The lowest BCUT2D eigenvalue weighted by molar-refractivity contribution is 0.0139. The van der Waals surface area contributed by atoms with E-state index in [1.165, 1.54) is 0 Å². The quantitative estimate of drug-likeness (QED) is 0.656. The van der Waals surface area contributed by atoms with Crippen LogP contribution in [0.25, 0.3) is 22.6 Å². The molecule has 1 aliphatic heterocycles. The van der Waals surface area contributed by atoms with Crippen molar-refractivity contribution in [2.45, 2.75) is 32.9 Å². The molecule has 7 nitrogen and oxygen atoms in total. The summed E-state index contributed by atoms with van der Waals surface area (Å²) in [5.74, 6) is 0.533. The zero-order valence-corrected chi connectivity index (χ0v) is 17.7. The number of aromatic nitrogens is 1. The average molecular weight is 409 g/mol. The van der Waals surface area contributed by atoms with Crippen LogP contribution in [0.2, 0.25) is 0 Å². The van der Waals surface area contributed by atoms with Crippen LogP contribution < -0.4 is 5.73 Å². The van der Waals surface area contributed by atoms with E-state index in [1.54, 1.807) is 4.90 Å². The van der Waals surface area contributed by atoms with Crippen LogP contribution in [-0.4, -0.2) is 52.7 Å². The fourth-order valence-corrected chi connectivity index (χ4v) is 3.60. The first-order chi connectivity index (χ1) is 14.3. The molecule has 4 rings (SSSR count). The van der Waals surface area contributed by atoms with E-state index in [0.29, 0.717) is 24.7 Å². The molecule has 0 bridgehead atoms. The van der Waals surface area contributed by atoms with Gasteiger partial charge in [-0.05, 0) is 44.5 Å². The van der Waals surface area contributed by atoms with Crippen molar-refractivity contribution in [3.63, 3.8) is 0 Å². The summed E-state index contributed by atoms with van der Waals surface area (Å²) in [4.78, 5) is 21.1. The molecule has 1 saturated heterocycles. The molecule has 1 fully saturated rings. The van der Waals surface area contributed by atoms with Gasteiger partial charge in [-0.3, -0.25) is 4.90 Å². The van der Waals surface area contributed by atoms with E-state index in [0.717, 1.165) is 41.9 Å². The van der Waals surface area contributed by atoms with Gasteiger partial charge in [0.1, 0.15) is 11.1 Å². The molecular weight excluding hydrogens is 380 g/mol. The van der Waals surface area contributed by atoms with Crippen molar-refractivity contribution >= 4 is 22.9 Å². The van der Waals surface area contributed by atoms with Crippen molar-refractivity contribution in [2.24, 2.45) is 0 Å². The Morgan fingerprint density at radius 3 is 2.53 bits per heavy atom. The predicted octanol–water partition coefficient (Wildman–Crippen LogP) is 4.13. The maximum atomic E-state index is 12.3. The van der Waals surface area contributed by atoms with E-state index in [2.05, 4.69) is 11.0 Å². The fourth-order valence-electron chi connectivity index (χ4n) is 3.60. The Bertz CT molecular complexity index is 1050. The van der Waals surface area contributed by atoms with Crippen molar-refractivity contribution in [1.82, 2.24) is 14.8 Å². The standard InChI is InChI=1S/C23H28N4O3/c1-23(2,3)30-22(28)27-13-11-26(12-14-27)15-16-7-6-10-19-20(16)25-21(29-19)17-8-4-5-9-18(17)24/h4-10H,11-15,24H2,1-3H3. The second-order valence-corrected chi connectivity index (χ2v) is 8.61. The van der Waals surface area contributed by atoms with Gasteiger partial charge in [-0.25, -0.2) is 9.78 Å². The molecule has 30 heavy (non-hydrogen) atoms. The van der Waals surface area contributed by atoms with E-state index in [1.807, 2.05) is 57.2 Å². The van der Waals surface area contributed by atoms with Crippen LogP contribution in [0.3, 0.4) is 0 Å². The van der Waals surface area contributed by atoms with E-state index in [-0.39, 0.29) is 6.09 Å². The minimum absolute atomic E-state index is 0.245. The summed E-state index contributed by atoms with van der Waals surface area (Å²) in [6, 6.07) is 13.6. The Labute approximate surface area is 176 Å². The summed E-state index contributed by atoms with van der Waals surface area (Å²) in [6.07, 6.45) is -0.245. The van der Waals surface area contributed by atoms with Crippen LogP contribution in [0.15, 0.2) is 46.9 Å². The Kier molecular flexibility index (Phi) is 5.39. The summed E-state index contributed by atoms with van der Waals surface area (Å²) < 4.78 is 11.5. The number of benzene rings is 2. The lowest BCUT2D eigenvalue weighted by Gasteiger charge is -2.35. The van der Waals surface area contributed by atoms with Crippen LogP contribution in [0.1, 0.15) is 26.3 Å². The van der Waals surface area contributed by atoms with Gasteiger partial charge >= 0.3 is 6.09 Å². The normalized spacial score (nSPS) is 15.5. The molecule has 3 aromatic rings. The molecule has 0 radical (unpaired) electrons. The number of hydrogen-bond donors (Lipinski definition) is 1. The molecule has 1 aromatic heterocycles. The molecular formula is C23H28N4O3. The number of oxazole rings is 1. The van der Waals surface area contributed by atoms with Crippen LogP contribution in [-0.2, 0) is 11.3 Å². The zero-order chi connectivity index (χ0) is 21.3. The zero-order valence-electron chi connectivity index (χ0n) is 17.7. The number of nitrogens with two attached hydrogens (primary N) is 1. The second kappa shape index (κ2) is 7.99. The van der Waals surface area contributed by atoms with Gasteiger partial charge in [0, 0.05) is 38.4 Å². The number of para-hydroxylation sites is 2. The highest BCUT2D eigenvalue weighted by atomic mass is 16.6. The number of carbonyl (C=O) groups excluding carboxylic acids is 1. The van der Waals surface area contributed by atoms with Gasteiger partial charge in [0.2, 0.25) is 5.89 Å². The van der Waals surface area contributed by atoms with Gasteiger partial charge in [-0.15, -0.1) is 0 Å². The number of nitrogens with zero attached hydrogens (tertiary/aromatic N) is 3. The molecule has 0 aliphatic carbocycles. The van der Waals surface area contributed by atoms with E-state index < -0.39 is 5.60 Å². The minimum atomic E-state index is -0.476. The van der Waals surface area contributed by atoms with Gasteiger partial charge in [-0.2, -0.15) is 0 Å². The number of anilines is 1. The molecule has 1 amide bonds. The Morgan fingerprint density at radius 1 is 1.10 bits per heavy atom. The average Bonchev–Trinajstić information content (AvgIpc) is 3.13. The second-order valence-electron chi connectivity index (χ2n) is 8.61. The van der Waals surface area contributed by atoms with Gasteiger partial charge in [0.05, 0.1) is 5.56 Å². The first kappa shape index (κ1) is 20.2. The molecule has 0 saturated carbocycles. The van der Waals surface area contributed by atoms with Crippen molar-refractivity contribution in [1.29, 1.82) is 0 Å². The van der Waals surface area contributed by atoms with Crippen LogP contribution in [0.4, 0.5) is 10.5 Å². The number of fused-ring (bicyclic) bond motifs is 1. The highest BCUT2D eigenvalue weighted by molar-refractivity contribution is 5.81. The minimum Gasteiger partial charge on any atom is -0.444 e. The van der Waals surface area contributed by atoms with Crippen molar-refractivity contribution in [3.05, 3.63) is 48.0 Å². The third kappa shape index (κ3) is 4.41. The lowest BCUT2D eigenvalue weighted by atomic mass is 10.1. The maximum absolute atomic E-state index is 12.3. The van der Waals surface area contributed by atoms with Gasteiger partial charge in [0.25, 0.3) is 0 Å². The Balaban J connectivity index is 1.46. The van der Waals surface area contributed by atoms with E-state index in [4.69, 9.17) is 19.9 Å². The monoisotopic (exact) mass is 408 g/mol. The van der Waals surface area contributed by atoms with E-state index in [9.17, 15) is 4.79 Å². The third-order valence-electron chi connectivity index (χ3n) is 5.11. The predicted molar refractivity (Wildman–Crippen MR) is 117 cm³/mol. The Hall–Kier alpha value is -3.06. The maximum Gasteiger partial charge on any atom is 0.410 e. The van der Waals surface area contributed by atoms with Crippen LogP contribution >= 0.6 is 0 Å². The summed E-state index contributed by atoms with van der Waals surface area (Å²) in [5, 5.41) is 0. The lowest BCUT2D eigenvalue weighted by Crippen LogP contribution is -2.49. The molecule has 1 aliphatic rings. The molecule has 158 valence electrons. The van der Waals surface area contributed by atoms with Crippen molar-refractivity contribution < 1.29 is 13.9 Å². The first-order valence-electron chi connectivity index (χ1n) is 10.2. The summed E-state index contributed by atoms with van der Waals surface area (Å²) in [6.45, 7) is 9.27. The van der Waals surface area contributed by atoms with Gasteiger partial charge in [0.15, 0.2) is 5.58 Å². The number of carbonyl (C=O) groups is 1. The number of piperazine rings is 1. The highest BCUT2D eigenvalue weighted by Gasteiger charge is 2.26.